The van der Waals surface area contributed by atoms with Crippen LogP contribution in [0.3, 0.4) is 0 Å². The molecule has 2 rings (SSSR count). The van der Waals surface area contributed by atoms with Gasteiger partial charge in [0.2, 0.25) is 5.91 Å². The molecule has 0 saturated carbocycles. The number of anilines is 2. The number of morpholine rings is 1. The van der Waals surface area contributed by atoms with Gasteiger partial charge in [0.25, 0.3) is 5.91 Å². The lowest BCUT2D eigenvalue weighted by atomic mass is 10.3. The largest absolute Gasteiger partial charge is 0.388 e. The molecule has 1 heterocycles. The van der Waals surface area contributed by atoms with Crippen molar-refractivity contribution in [1.29, 1.82) is 0 Å². The van der Waals surface area contributed by atoms with Gasteiger partial charge in [0.1, 0.15) is 4.99 Å². The first kappa shape index (κ1) is 17.8. The summed E-state index contributed by atoms with van der Waals surface area (Å²) in [5, 5.41) is 6.70. The molecule has 0 aliphatic carbocycles. The predicted molar refractivity (Wildman–Crippen MR) is 96.0 cm³/mol. The van der Waals surface area contributed by atoms with Crippen LogP contribution in [0, 0.1) is 0 Å². The van der Waals surface area contributed by atoms with Crippen LogP contribution in [0.25, 0.3) is 0 Å². The molecule has 0 spiro atoms. The molecule has 2 amide bonds. The van der Waals surface area contributed by atoms with Crippen LogP contribution in [0.1, 0.15) is 6.92 Å². The molecular weight excluding hydrogens is 330 g/mol. The number of hydrogen-bond donors (Lipinski definition) is 3. The zero-order chi connectivity index (χ0) is 17.5. The SMILES string of the molecule is CC(=O)Nc1ccc(NN=C(C(=O)N2CCOCC2)C(N)=S)cc1. The van der Waals surface area contributed by atoms with Crippen molar-refractivity contribution in [3.63, 3.8) is 0 Å². The van der Waals surface area contributed by atoms with Gasteiger partial charge in [-0.25, -0.2) is 0 Å². The molecule has 1 aromatic rings. The van der Waals surface area contributed by atoms with Crippen molar-refractivity contribution in [3.05, 3.63) is 24.3 Å². The van der Waals surface area contributed by atoms with E-state index < -0.39 is 0 Å². The van der Waals surface area contributed by atoms with Crippen molar-refractivity contribution < 1.29 is 14.3 Å². The average molecular weight is 349 g/mol. The van der Waals surface area contributed by atoms with Gasteiger partial charge in [-0.05, 0) is 24.3 Å². The highest BCUT2D eigenvalue weighted by Crippen LogP contribution is 2.13. The molecule has 128 valence electrons. The Morgan fingerprint density at radius 3 is 2.33 bits per heavy atom. The number of ether oxygens (including phenoxy) is 1. The number of thiocarbonyl (C=S) groups is 1. The standard InChI is InChI=1S/C15H19N5O3S/c1-10(21)17-11-2-4-12(5-3-11)18-19-13(14(16)24)15(22)20-6-8-23-9-7-20/h2-5,18H,6-9H2,1H3,(H2,16,24)(H,17,21). The van der Waals surface area contributed by atoms with Crippen LogP contribution >= 0.6 is 12.2 Å². The Labute approximate surface area is 145 Å². The number of carbonyl (C=O) groups is 2. The number of benzene rings is 1. The normalized spacial score (nSPS) is 14.9. The molecule has 0 bridgehead atoms. The Hall–Kier alpha value is -2.52. The first-order chi connectivity index (χ1) is 11.5. The molecule has 0 radical (unpaired) electrons. The Kier molecular flexibility index (Phi) is 6.21. The first-order valence-corrected chi connectivity index (χ1v) is 7.76. The molecule has 1 aliphatic heterocycles. The molecule has 1 fully saturated rings. The summed E-state index contributed by atoms with van der Waals surface area (Å²) >= 11 is 4.93. The van der Waals surface area contributed by atoms with Gasteiger partial charge in [0, 0.05) is 25.7 Å². The molecule has 0 atom stereocenters. The van der Waals surface area contributed by atoms with E-state index >= 15 is 0 Å². The summed E-state index contributed by atoms with van der Waals surface area (Å²) in [7, 11) is 0. The number of nitrogens with one attached hydrogen (secondary N) is 2. The number of hydrazone groups is 1. The number of carbonyl (C=O) groups excluding carboxylic acids is 2. The predicted octanol–water partition coefficient (Wildman–Crippen LogP) is 0.558. The Bertz CT molecular complexity index is 654. The minimum absolute atomic E-state index is 0.00200. The van der Waals surface area contributed by atoms with E-state index in [1.165, 1.54) is 6.92 Å². The van der Waals surface area contributed by atoms with E-state index in [1.54, 1.807) is 29.2 Å². The highest BCUT2D eigenvalue weighted by molar-refractivity contribution is 7.82. The van der Waals surface area contributed by atoms with Crippen molar-refractivity contribution in [2.45, 2.75) is 6.92 Å². The highest BCUT2D eigenvalue weighted by atomic mass is 32.1. The van der Waals surface area contributed by atoms with Crippen LogP contribution < -0.4 is 16.5 Å². The van der Waals surface area contributed by atoms with Crippen LogP contribution in [0.2, 0.25) is 0 Å². The summed E-state index contributed by atoms with van der Waals surface area (Å²) in [5.74, 6) is -0.478. The summed E-state index contributed by atoms with van der Waals surface area (Å²) < 4.78 is 5.21. The van der Waals surface area contributed by atoms with E-state index in [4.69, 9.17) is 22.7 Å². The fourth-order valence-electron chi connectivity index (χ4n) is 2.08. The van der Waals surface area contributed by atoms with E-state index in [0.29, 0.717) is 37.7 Å². The third-order valence-corrected chi connectivity index (χ3v) is 3.43. The van der Waals surface area contributed by atoms with Gasteiger partial charge in [-0.15, -0.1) is 0 Å². The van der Waals surface area contributed by atoms with Gasteiger partial charge in [-0.1, -0.05) is 12.2 Å². The Balaban J connectivity index is 2.06. The van der Waals surface area contributed by atoms with Gasteiger partial charge >= 0.3 is 0 Å². The zero-order valence-electron chi connectivity index (χ0n) is 13.2. The van der Waals surface area contributed by atoms with Gasteiger partial charge in [-0.2, -0.15) is 5.10 Å². The quantitative estimate of drug-likeness (QED) is 0.407. The monoisotopic (exact) mass is 349 g/mol. The number of nitrogens with two attached hydrogens (primary N) is 1. The van der Waals surface area contributed by atoms with Crippen LogP contribution in [-0.2, 0) is 14.3 Å². The molecule has 1 aromatic carbocycles. The third-order valence-electron chi connectivity index (χ3n) is 3.24. The minimum atomic E-state index is -0.326. The van der Waals surface area contributed by atoms with Gasteiger partial charge < -0.3 is 20.7 Å². The number of hydrogen-bond acceptors (Lipinski definition) is 6. The van der Waals surface area contributed by atoms with E-state index in [-0.39, 0.29) is 22.5 Å². The van der Waals surface area contributed by atoms with E-state index in [1.807, 2.05) is 0 Å². The lowest BCUT2D eigenvalue weighted by Gasteiger charge is -2.26. The van der Waals surface area contributed by atoms with Crippen LogP contribution in [-0.4, -0.2) is 53.7 Å². The smallest absolute Gasteiger partial charge is 0.277 e. The minimum Gasteiger partial charge on any atom is -0.388 e. The fraction of sp³-hybridized carbons (Fsp3) is 0.333. The maximum Gasteiger partial charge on any atom is 0.277 e. The van der Waals surface area contributed by atoms with E-state index in [9.17, 15) is 9.59 Å². The molecule has 8 nitrogen and oxygen atoms in total. The van der Waals surface area contributed by atoms with Crippen molar-refractivity contribution in [2.24, 2.45) is 10.8 Å². The number of nitrogens with zero attached hydrogens (tertiary/aromatic N) is 2. The second kappa shape index (κ2) is 8.37. The van der Waals surface area contributed by atoms with Gasteiger partial charge in [0.15, 0.2) is 5.71 Å². The van der Waals surface area contributed by atoms with Gasteiger partial charge in [-0.3, -0.25) is 15.0 Å². The summed E-state index contributed by atoms with van der Waals surface area (Å²) in [6.07, 6.45) is 0. The summed E-state index contributed by atoms with van der Waals surface area (Å²) in [4.78, 5) is 24.9. The highest BCUT2D eigenvalue weighted by Gasteiger charge is 2.23. The Morgan fingerprint density at radius 1 is 1.21 bits per heavy atom. The lowest BCUT2D eigenvalue weighted by Crippen LogP contribution is -2.47. The lowest BCUT2D eigenvalue weighted by molar-refractivity contribution is -0.127. The van der Waals surface area contributed by atoms with Crippen LogP contribution in [0.4, 0.5) is 11.4 Å². The average Bonchev–Trinajstić information content (AvgIpc) is 2.56. The molecule has 0 aromatic heterocycles. The van der Waals surface area contributed by atoms with Crippen LogP contribution in [0.5, 0.6) is 0 Å². The molecule has 24 heavy (non-hydrogen) atoms. The van der Waals surface area contributed by atoms with Gasteiger partial charge in [0.05, 0.1) is 18.9 Å². The Morgan fingerprint density at radius 2 is 1.79 bits per heavy atom. The summed E-state index contributed by atoms with van der Waals surface area (Å²) in [6, 6.07) is 6.85. The van der Waals surface area contributed by atoms with Crippen molar-refractivity contribution >= 4 is 46.1 Å². The molecule has 1 saturated heterocycles. The molecule has 1 aliphatic rings. The maximum atomic E-state index is 12.4. The number of amides is 2. The topological polar surface area (TPSA) is 109 Å². The molecule has 0 unspecified atom stereocenters. The molecule has 4 N–H and O–H groups in total. The third kappa shape index (κ3) is 5.00. The number of rotatable bonds is 5. The molecular formula is C15H19N5O3S. The summed E-state index contributed by atoms with van der Waals surface area (Å²) in [6.45, 7) is 3.35. The second-order valence-corrected chi connectivity index (χ2v) is 5.54. The fourth-order valence-corrected chi connectivity index (χ4v) is 2.21. The summed E-state index contributed by atoms with van der Waals surface area (Å²) in [5.41, 5.74) is 9.67. The van der Waals surface area contributed by atoms with Crippen molar-refractivity contribution in [1.82, 2.24) is 4.90 Å². The van der Waals surface area contributed by atoms with Crippen molar-refractivity contribution in [3.8, 4) is 0 Å². The molecule has 9 heteroatoms. The zero-order valence-corrected chi connectivity index (χ0v) is 14.1. The van der Waals surface area contributed by atoms with Crippen molar-refractivity contribution in [2.75, 3.05) is 37.0 Å². The van der Waals surface area contributed by atoms with E-state index in [0.717, 1.165) is 0 Å². The first-order valence-electron chi connectivity index (χ1n) is 7.35. The second-order valence-electron chi connectivity index (χ2n) is 5.10. The van der Waals surface area contributed by atoms with Crippen LogP contribution in [0.15, 0.2) is 29.4 Å². The van der Waals surface area contributed by atoms with E-state index in [2.05, 4.69) is 15.8 Å². The maximum absolute atomic E-state index is 12.4.